The fraction of sp³-hybridized carbons (Fsp3) is 0.250. The Kier molecular flexibility index (Phi) is 4.36. The van der Waals surface area contributed by atoms with Gasteiger partial charge in [0.05, 0.1) is 6.61 Å². The maximum atomic E-state index is 12.1. The maximum absolute atomic E-state index is 12.1. The minimum atomic E-state index is -4.77. The van der Waals surface area contributed by atoms with Crippen LogP contribution in [0.5, 0.6) is 5.75 Å². The standard InChI is InChI=1S/C12H11F3O3/c1-8(12(13,14)15)11(17)18-7-6-9-2-4-10(16)5-3-9/h2-5,16H,1,6-7H2. The monoisotopic (exact) mass is 260 g/mol. The quantitative estimate of drug-likeness (QED) is 0.668. The van der Waals surface area contributed by atoms with Crippen LogP contribution in [0.3, 0.4) is 0 Å². The molecule has 0 saturated carbocycles. The molecule has 0 unspecified atom stereocenters. The van der Waals surface area contributed by atoms with E-state index in [2.05, 4.69) is 11.3 Å². The van der Waals surface area contributed by atoms with Crippen molar-refractivity contribution in [2.24, 2.45) is 0 Å². The molecule has 0 aliphatic rings. The number of esters is 1. The molecule has 0 heterocycles. The number of alkyl halides is 3. The van der Waals surface area contributed by atoms with Gasteiger partial charge in [-0.3, -0.25) is 0 Å². The van der Waals surface area contributed by atoms with Crippen LogP contribution in [0.1, 0.15) is 5.56 Å². The van der Waals surface area contributed by atoms with E-state index < -0.39 is 17.7 Å². The molecule has 3 nitrogen and oxygen atoms in total. The van der Waals surface area contributed by atoms with E-state index >= 15 is 0 Å². The zero-order valence-electron chi connectivity index (χ0n) is 9.33. The van der Waals surface area contributed by atoms with Gasteiger partial charge in [0.15, 0.2) is 0 Å². The Morgan fingerprint density at radius 1 is 1.28 bits per heavy atom. The molecule has 1 rings (SSSR count). The van der Waals surface area contributed by atoms with Gasteiger partial charge in [-0.05, 0) is 17.7 Å². The van der Waals surface area contributed by atoms with Crippen molar-refractivity contribution in [3.8, 4) is 5.75 Å². The number of hydrogen-bond acceptors (Lipinski definition) is 3. The number of ether oxygens (including phenoxy) is 1. The molecule has 0 aliphatic carbocycles. The molecule has 0 bridgehead atoms. The predicted molar refractivity (Wildman–Crippen MR) is 58.0 cm³/mol. The third kappa shape index (κ3) is 4.12. The summed E-state index contributed by atoms with van der Waals surface area (Å²) in [6.07, 6.45) is -4.51. The molecule has 0 amide bonds. The highest BCUT2D eigenvalue weighted by Gasteiger charge is 2.37. The molecule has 1 N–H and O–H groups in total. The lowest BCUT2D eigenvalue weighted by atomic mass is 10.1. The van der Waals surface area contributed by atoms with Crippen LogP contribution in [0.4, 0.5) is 13.2 Å². The zero-order valence-corrected chi connectivity index (χ0v) is 9.33. The third-order valence-electron chi connectivity index (χ3n) is 2.15. The molecule has 0 aliphatic heterocycles. The Hall–Kier alpha value is -1.98. The molecule has 0 saturated heterocycles. The summed E-state index contributed by atoms with van der Waals surface area (Å²) in [6.45, 7) is 2.45. The number of rotatable bonds is 4. The van der Waals surface area contributed by atoms with Gasteiger partial charge < -0.3 is 9.84 Å². The molecule has 98 valence electrons. The first-order valence-corrected chi connectivity index (χ1v) is 5.02. The molecule has 6 heteroatoms. The Morgan fingerprint density at radius 2 is 1.83 bits per heavy atom. The van der Waals surface area contributed by atoms with Crippen LogP contribution in [0.15, 0.2) is 36.4 Å². The summed E-state index contributed by atoms with van der Waals surface area (Å²) in [6, 6.07) is 6.04. The largest absolute Gasteiger partial charge is 0.508 e. The Labute approximate surface area is 101 Å². The summed E-state index contributed by atoms with van der Waals surface area (Å²) in [5, 5.41) is 9.01. The van der Waals surface area contributed by atoms with Crippen LogP contribution in [0.2, 0.25) is 0 Å². The van der Waals surface area contributed by atoms with Crippen molar-refractivity contribution in [2.45, 2.75) is 12.6 Å². The van der Waals surface area contributed by atoms with Crippen LogP contribution in [-0.2, 0) is 16.0 Å². The first-order valence-electron chi connectivity index (χ1n) is 5.02. The highest BCUT2D eigenvalue weighted by molar-refractivity contribution is 5.89. The summed E-state index contributed by atoms with van der Waals surface area (Å²) < 4.78 is 40.6. The van der Waals surface area contributed by atoms with E-state index in [-0.39, 0.29) is 18.8 Å². The van der Waals surface area contributed by atoms with E-state index in [4.69, 9.17) is 5.11 Å². The Bertz CT molecular complexity index is 435. The van der Waals surface area contributed by atoms with Crippen molar-refractivity contribution >= 4 is 5.97 Å². The molecule has 0 fully saturated rings. The zero-order chi connectivity index (χ0) is 13.8. The fourth-order valence-electron chi connectivity index (χ4n) is 1.13. The Morgan fingerprint density at radius 3 is 2.33 bits per heavy atom. The number of phenolic OH excluding ortho intramolecular Hbond substituents is 1. The molecule has 1 aromatic carbocycles. The SMILES string of the molecule is C=C(C(=O)OCCc1ccc(O)cc1)C(F)(F)F. The van der Waals surface area contributed by atoms with Gasteiger partial charge in [0.2, 0.25) is 0 Å². The van der Waals surface area contributed by atoms with E-state index in [9.17, 15) is 18.0 Å². The van der Waals surface area contributed by atoms with Crippen molar-refractivity contribution < 1.29 is 27.8 Å². The summed E-state index contributed by atoms with van der Waals surface area (Å²) in [5.74, 6) is -1.39. The van der Waals surface area contributed by atoms with Gasteiger partial charge in [0, 0.05) is 6.42 Å². The number of phenols is 1. The number of carbonyl (C=O) groups is 1. The summed E-state index contributed by atoms with van der Waals surface area (Å²) in [4.78, 5) is 11.0. The molecule has 0 spiro atoms. The van der Waals surface area contributed by atoms with Crippen LogP contribution in [-0.4, -0.2) is 23.9 Å². The van der Waals surface area contributed by atoms with E-state index in [1.807, 2.05) is 0 Å². The van der Waals surface area contributed by atoms with Crippen LogP contribution in [0.25, 0.3) is 0 Å². The van der Waals surface area contributed by atoms with Gasteiger partial charge in [-0.25, -0.2) is 4.79 Å². The summed E-state index contributed by atoms with van der Waals surface area (Å²) >= 11 is 0. The van der Waals surface area contributed by atoms with Crippen molar-refractivity contribution in [3.05, 3.63) is 42.0 Å². The second kappa shape index (κ2) is 5.57. The molecule has 1 aromatic rings. The molecular formula is C12H11F3O3. The number of aromatic hydroxyl groups is 1. The minimum Gasteiger partial charge on any atom is -0.508 e. The lowest BCUT2D eigenvalue weighted by molar-refractivity contribution is -0.150. The highest BCUT2D eigenvalue weighted by Crippen LogP contribution is 2.24. The molecule has 0 atom stereocenters. The van der Waals surface area contributed by atoms with Gasteiger partial charge >= 0.3 is 12.1 Å². The van der Waals surface area contributed by atoms with Crippen LogP contribution < -0.4 is 0 Å². The van der Waals surface area contributed by atoms with Crippen molar-refractivity contribution in [3.63, 3.8) is 0 Å². The van der Waals surface area contributed by atoms with Gasteiger partial charge in [-0.1, -0.05) is 18.7 Å². The fourth-order valence-corrected chi connectivity index (χ4v) is 1.13. The summed E-state index contributed by atoms with van der Waals surface area (Å²) in [7, 11) is 0. The second-order valence-corrected chi connectivity index (χ2v) is 3.53. The van der Waals surface area contributed by atoms with Gasteiger partial charge in [0.25, 0.3) is 0 Å². The Balaban J connectivity index is 2.41. The van der Waals surface area contributed by atoms with Crippen molar-refractivity contribution in [1.29, 1.82) is 0 Å². The van der Waals surface area contributed by atoms with Gasteiger partial charge in [0.1, 0.15) is 11.3 Å². The molecule has 0 radical (unpaired) electrons. The molecular weight excluding hydrogens is 249 g/mol. The predicted octanol–water partition coefficient (Wildman–Crippen LogP) is 2.60. The van der Waals surface area contributed by atoms with Crippen molar-refractivity contribution in [1.82, 2.24) is 0 Å². The highest BCUT2D eigenvalue weighted by atomic mass is 19.4. The van der Waals surface area contributed by atoms with Gasteiger partial charge in [-0.2, -0.15) is 13.2 Å². The number of benzene rings is 1. The second-order valence-electron chi connectivity index (χ2n) is 3.53. The third-order valence-corrected chi connectivity index (χ3v) is 2.15. The average molecular weight is 260 g/mol. The average Bonchev–Trinajstić information content (AvgIpc) is 2.29. The van der Waals surface area contributed by atoms with Gasteiger partial charge in [-0.15, -0.1) is 0 Å². The van der Waals surface area contributed by atoms with Crippen molar-refractivity contribution in [2.75, 3.05) is 6.61 Å². The molecule has 0 aromatic heterocycles. The lowest BCUT2D eigenvalue weighted by Crippen LogP contribution is -2.21. The normalized spacial score (nSPS) is 11.1. The van der Waals surface area contributed by atoms with Crippen LogP contribution >= 0.6 is 0 Å². The molecule has 18 heavy (non-hydrogen) atoms. The summed E-state index contributed by atoms with van der Waals surface area (Å²) in [5.41, 5.74) is -0.786. The first kappa shape index (κ1) is 14.1. The van der Waals surface area contributed by atoms with E-state index in [1.54, 1.807) is 12.1 Å². The smallest absolute Gasteiger partial charge is 0.422 e. The van der Waals surface area contributed by atoms with E-state index in [0.717, 1.165) is 5.56 Å². The van der Waals surface area contributed by atoms with E-state index in [1.165, 1.54) is 12.1 Å². The first-order chi connectivity index (χ1) is 8.30. The minimum absolute atomic E-state index is 0.0844. The number of halogens is 3. The topological polar surface area (TPSA) is 46.5 Å². The lowest BCUT2D eigenvalue weighted by Gasteiger charge is -2.09. The number of carbonyl (C=O) groups excluding carboxylic acids is 1. The van der Waals surface area contributed by atoms with Crippen LogP contribution in [0, 0.1) is 0 Å². The van der Waals surface area contributed by atoms with E-state index in [0.29, 0.717) is 0 Å². The number of hydrogen-bond donors (Lipinski definition) is 1. The maximum Gasteiger partial charge on any atom is 0.422 e.